The molecule has 0 radical (unpaired) electrons. The van der Waals surface area contributed by atoms with Crippen molar-refractivity contribution in [3.63, 3.8) is 0 Å². The average molecular weight is 547 g/mol. The van der Waals surface area contributed by atoms with Gasteiger partial charge in [-0.3, -0.25) is 0 Å². The van der Waals surface area contributed by atoms with E-state index in [1.165, 1.54) is 7.11 Å². The minimum atomic E-state index is -4.62. The largest absolute Gasteiger partial charge is 0.508 e. The number of unbranched alkanes of at least 4 members (excludes halogenated alkanes) is 2. The molecule has 38 heavy (non-hydrogen) atoms. The molecule has 2 aliphatic carbocycles. The van der Waals surface area contributed by atoms with Crippen molar-refractivity contribution in [2.45, 2.75) is 83.3 Å². The first-order valence-corrected chi connectivity index (χ1v) is 13.6. The summed E-state index contributed by atoms with van der Waals surface area (Å²) >= 11 is 0. The molecule has 2 aliphatic rings. The van der Waals surface area contributed by atoms with Gasteiger partial charge in [-0.25, -0.2) is 4.79 Å². The Balaban J connectivity index is 1.74. The van der Waals surface area contributed by atoms with Crippen molar-refractivity contribution in [1.29, 1.82) is 0 Å². The average Bonchev–Trinajstić information content (AvgIpc) is 3.21. The molecular formula is C28H41F3O7. The normalized spacial score (nSPS) is 24.3. The number of fused-ring (bicyclic) bond motifs is 2. The zero-order valence-electron chi connectivity index (χ0n) is 22.3. The van der Waals surface area contributed by atoms with Crippen molar-refractivity contribution >= 4 is 6.16 Å². The molecule has 0 bridgehead atoms. The van der Waals surface area contributed by atoms with Gasteiger partial charge in [-0.1, -0.05) is 38.3 Å². The fraction of sp³-hybridized carbons (Fsp3) is 0.750. The number of benzene rings is 1. The molecule has 2 N–H and O–H groups in total. The standard InChI is InChI=1S/C28H41F3O7/c1-3-4-5-7-18(15-32)10-11-21-22-12-19-8-6-9-24(36-16-26(33)35-2)23(19)13-20(22)14-25(21)38-27(34)37-17-28(29,30)31/h6,8-9,18,20-22,25-26,32-33H,3-5,7,10-17H2,1-2H3/t18?,20-,21+,22-,25+,26?/m0/s1. The summed E-state index contributed by atoms with van der Waals surface area (Å²) in [7, 11) is 1.39. The second kappa shape index (κ2) is 14.4. The Hall–Kier alpha value is -2.04. The predicted molar refractivity (Wildman–Crippen MR) is 134 cm³/mol. The third-order valence-electron chi connectivity index (χ3n) is 7.96. The lowest BCUT2D eigenvalue weighted by molar-refractivity contribution is -0.167. The molecule has 0 aromatic heterocycles. The summed E-state index contributed by atoms with van der Waals surface area (Å²) < 4.78 is 58.2. The minimum Gasteiger partial charge on any atom is -0.488 e. The summed E-state index contributed by atoms with van der Waals surface area (Å²) in [5.41, 5.74) is 2.14. The molecule has 0 heterocycles. The van der Waals surface area contributed by atoms with Gasteiger partial charge in [0.15, 0.2) is 12.9 Å². The number of aliphatic hydroxyl groups excluding tert-OH is 2. The van der Waals surface area contributed by atoms with E-state index in [9.17, 15) is 28.2 Å². The van der Waals surface area contributed by atoms with Crippen LogP contribution in [0.2, 0.25) is 0 Å². The Morgan fingerprint density at radius 2 is 1.97 bits per heavy atom. The maximum Gasteiger partial charge on any atom is 0.508 e. The lowest BCUT2D eigenvalue weighted by atomic mass is 9.73. The van der Waals surface area contributed by atoms with Crippen molar-refractivity contribution in [3.8, 4) is 5.75 Å². The van der Waals surface area contributed by atoms with Gasteiger partial charge in [0.2, 0.25) is 0 Å². The fourth-order valence-corrected chi connectivity index (χ4v) is 6.01. The topological polar surface area (TPSA) is 94.5 Å². The van der Waals surface area contributed by atoms with Crippen LogP contribution >= 0.6 is 0 Å². The molecule has 0 amide bonds. The predicted octanol–water partition coefficient (Wildman–Crippen LogP) is 5.43. The van der Waals surface area contributed by atoms with Gasteiger partial charge >= 0.3 is 12.3 Å². The SMILES string of the molecule is CCCCCC(CO)CC[C@@H]1[C@H]2Cc3cccc(OCC(O)OC)c3C[C@H]2C[C@H]1OC(=O)OCC(F)(F)F. The molecule has 216 valence electrons. The Morgan fingerprint density at radius 3 is 2.66 bits per heavy atom. The van der Waals surface area contributed by atoms with E-state index in [0.717, 1.165) is 49.7 Å². The minimum absolute atomic E-state index is 0.0129. The first-order chi connectivity index (χ1) is 18.1. The van der Waals surface area contributed by atoms with Crippen LogP contribution in [-0.2, 0) is 27.1 Å². The van der Waals surface area contributed by atoms with Crippen molar-refractivity contribution in [1.82, 2.24) is 0 Å². The van der Waals surface area contributed by atoms with E-state index >= 15 is 0 Å². The van der Waals surface area contributed by atoms with Crippen LogP contribution in [0.3, 0.4) is 0 Å². The van der Waals surface area contributed by atoms with Crippen LogP contribution in [0.1, 0.15) is 63.0 Å². The second-order valence-corrected chi connectivity index (χ2v) is 10.6. The van der Waals surface area contributed by atoms with E-state index in [0.29, 0.717) is 25.0 Å². The highest BCUT2D eigenvalue weighted by molar-refractivity contribution is 5.60. The maximum atomic E-state index is 12.6. The van der Waals surface area contributed by atoms with Crippen molar-refractivity contribution in [3.05, 3.63) is 29.3 Å². The molecule has 1 aromatic rings. The molecule has 0 spiro atoms. The van der Waals surface area contributed by atoms with E-state index in [-0.39, 0.29) is 36.9 Å². The van der Waals surface area contributed by atoms with Crippen LogP contribution in [0.15, 0.2) is 18.2 Å². The van der Waals surface area contributed by atoms with Gasteiger partial charge < -0.3 is 29.2 Å². The summed E-state index contributed by atoms with van der Waals surface area (Å²) in [5.74, 6) is 1.09. The van der Waals surface area contributed by atoms with Gasteiger partial charge in [0.25, 0.3) is 0 Å². The number of hydrogen-bond donors (Lipinski definition) is 2. The van der Waals surface area contributed by atoms with Crippen LogP contribution in [0.4, 0.5) is 18.0 Å². The van der Waals surface area contributed by atoms with E-state index in [1.807, 2.05) is 18.2 Å². The van der Waals surface area contributed by atoms with Crippen LogP contribution in [0.5, 0.6) is 5.75 Å². The summed E-state index contributed by atoms with van der Waals surface area (Å²) in [6.07, 6.45) is 0.0137. The molecule has 3 rings (SSSR count). The molecule has 1 aromatic carbocycles. The first kappa shape index (κ1) is 30.5. The number of carbonyl (C=O) groups is 1. The summed E-state index contributed by atoms with van der Waals surface area (Å²) in [5, 5.41) is 19.6. The van der Waals surface area contributed by atoms with Gasteiger partial charge in [0, 0.05) is 13.7 Å². The van der Waals surface area contributed by atoms with Gasteiger partial charge in [-0.2, -0.15) is 13.2 Å². The number of rotatable bonds is 14. The molecule has 0 aliphatic heterocycles. The number of alkyl halides is 3. The number of carbonyl (C=O) groups excluding carboxylic acids is 1. The lowest BCUT2D eigenvalue weighted by Gasteiger charge is -2.33. The molecule has 10 heteroatoms. The Morgan fingerprint density at radius 1 is 1.18 bits per heavy atom. The Bertz CT molecular complexity index is 878. The van der Waals surface area contributed by atoms with Crippen LogP contribution in [0.25, 0.3) is 0 Å². The van der Waals surface area contributed by atoms with Crippen LogP contribution in [-0.4, -0.2) is 61.9 Å². The van der Waals surface area contributed by atoms with Crippen LogP contribution in [0, 0.1) is 23.7 Å². The van der Waals surface area contributed by atoms with E-state index in [4.69, 9.17) is 14.2 Å². The third kappa shape index (κ3) is 8.74. The van der Waals surface area contributed by atoms with E-state index < -0.39 is 31.3 Å². The monoisotopic (exact) mass is 546 g/mol. The van der Waals surface area contributed by atoms with Gasteiger partial charge in [-0.15, -0.1) is 0 Å². The molecule has 6 atom stereocenters. The molecule has 0 saturated heterocycles. The number of methoxy groups -OCH3 is 1. The smallest absolute Gasteiger partial charge is 0.488 e. The van der Waals surface area contributed by atoms with Crippen molar-refractivity contribution in [2.24, 2.45) is 23.7 Å². The van der Waals surface area contributed by atoms with E-state index in [1.54, 1.807) is 0 Å². The molecular weight excluding hydrogens is 505 g/mol. The zero-order chi connectivity index (χ0) is 27.7. The molecule has 2 unspecified atom stereocenters. The summed E-state index contributed by atoms with van der Waals surface area (Å²) in [6, 6.07) is 5.78. The quantitative estimate of drug-likeness (QED) is 0.182. The highest BCUT2D eigenvalue weighted by Gasteiger charge is 2.47. The number of hydrogen-bond acceptors (Lipinski definition) is 7. The van der Waals surface area contributed by atoms with Gasteiger partial charge in [0.1, 0.15) is 18.5 Å². The summed E-state index contributed by atoms with van der Waals surface area (Å²) in [4.78, 5) is 12.2. The Kier molecular flexibility index (Phi) is 11.5. The lowest BCUT2D eigenvalue weighted by Crippen LogP contribution is -2.30. The number of ether oxygens (including phenoxy) is 4. The van der Waals surface area contributed by atoms with Crippen molar-refractivity contribution in [2.75, 3.05) is 26.9 Å². The Labute approximate surface area is 222 Å². The molecule has 1 fully saturated rings. The molecule has 7 nitrogen and oxygen atoms in total. The van der Waals surface area contributed by atoms with E-state index in [2.05, 4.69) is 11.7 Å². The van der Waals surface area contributed by atoms with Gasteiger partial charge in [0.05, 0.1) is 0 Å². The molecule has 1 saturated carbocycles. The third-order valence-corrected chi connectivity index (χ3v) is 7.96. The fourth-order valence-electron chi connectivity index (χ4n) is 6.01. The van der Waals surface area contributed by atoms with Gasteiger partial charge in [-0.05, 0) is 79.4 Å². The van der Waals surface area contributed by atoms with Crippen molar-refractivity contribution < 1.29 is 47.1 Å². The summed E-state index contributed by atoms with van der Waals surface area (Å²) in [6.45, 7) is 0.518. The number of halogens is 3. The second-order valence-electron chi connectivity index (χ2n) is 10.6. The highest BCUT2D eigenvalue weighted by Crippen LogP contribution is 2.49. The number of aliphatic hydroxyl groups is 2. The zero-order valence-corrected chi connectivity index (χ0v) is 22.3. The van der Waals surface area contributed by atoms with Crippen LogP contribution < -0.4 is 4.74 Å². The maximum absolute atomic E-state index is 12.6. The first-order valence-electron chi connectivity index (χ1n) is 13.6. The highest BCUT2D eigenvalue weighted by atomic mass is 19.4.